The Morgan fingerprint density at radius 3 is 2.52 bits per heavy atom. The van der Waals surface area contributed by atoms with Gasteiger partial charge in [0, 0.05) is 5.69 Å². The number of alkyl halides is 2. The average Bonchev–Trinajstić information content (AvgIpc) is 3.22. The Balaban J connectivity index is 1.47. The zero-order valence-electron chi connectivity index (χ0n) is 18.0. The lowest BCUT2D eigenvalue weighted by Gasteiger charge is -2.26. The van der Waals surface area contributed by atoms with Crippen LogP contribution >= 0.6 is 11.8 Å². The van der Waals surface area contributed by atoms with Crippen LogP contribution in [0.25, 0.3) is 5.69 Å². The van der Waals surface area contributed by atoms with E-state index in [9.17, 15) is 13.6 Å². The van der Waals surface area contributed by atoms with Crippen LogP contribution in [0.5, 0.6) is 5.75 Å². The van der Waals surface area contributed by atoms with Gasteiger partial charge in [0.05, 0.1) is 18.0 Å². The molecule has 1 saturated heterocycles. The van der Waals surface area contributed by atoms with Crippen LogP contribution in [-0.2, 0) is 11.3 Å². The minimum atomic E-state index is -2.97. The van der Waals surface area contributed by atoms with Crippen molar-refractivity contribution >= 4 is 23.4 Å². The molecule has 0 saturated carbocycles. The smallest absolute Gasteiger partial charge is 0.387 e. The Labute approximate surface area is 195 Å². The molecule has 1 amide bonds. The molecule has 0 radical (unpaired) electrons. The number of nitrogens with zero attached hydrogens (tertiary/aromatic N) is 4. The summed E-state index contributed by atoms with van der Waals surface area (Å²) in [6, 6.07) is 15.9. The first-order valence-electron chi connectivity index (χ1n) is 10.8. The van der Waals surface area contributed by atoms with E-state index in [0.717, 1.165) is 24.6 Å². The SMILES string of the molecule is O=C(CSc1nnc(CN2CCCCC2)n1-c1ccccc1)Nc1ccccc1OC(F)F. The van der Waals surface area contributed by atoms with Crippen LogP contribution in [0.2, 0.25) is 0 Å². The molecule has 1 fully saturated rings. The third-order valence-corrected chi connectivity index (χ3v) is 6.17. The first kappa shape index (κ1) is 23.2. The minimum Gasteiger partial charge on any atom is -0.433 e. The molecule has 0 spiro atoms. The number of amides is 1. The van der Waals surface area contributed by atoms with Gasteiger partial charge < -0.3 is 10.1 Å². The van der Waals surface area contributed by atoms with E-state index in [-0.39, 0.29) is 23.1 Å². The second kappa shape index (κ2) is 11.2. The molecule has 4 rings (SSSR count). The van der Waals surface area contributed by atoms with E-state index in [0.29, 0.717) is 11.7 Å². The van der Waals surface area contributed by atoms with E-state index >= 15 is 0 Å². The zero-order valence-corrected chi connectivity index (χ0v) is 18.8. The van der Waals surface area contributed by atoms with Gasteiger partial charge in [-0.2, -0.15) is 8.78 Å². The van der Waals surface area contributed by atoms with Crippen LogP contribution in [0.1, 0.15) is 25.1 Å². The summed E-state index contributed by atoms with van der Waals surface area (Å²) in [5.74, 6) is 0.423. The van der Waals surface area contributed by atoms with E-state index in [4.69, 9.17) is 0 Å². The van der Waals surface area contributed by atoms with Crippen molar-refractivity contribution in [2.24, 2.45) is 0 Å². The molecule has 2 aromatic carbocycles. The van der Waals surface area contributed by atoms with Crippen molar-refractivity contribution in [3.63, 3.8) is 0 Å². The maximum absolute atomic E-state index is 12.6. The van der Waals surface area contributed by atoms with Gasteiger partial charge in [-0.3, -0.25) is 14.3 Å². The van der Waals surface area contributed by atoms with Gasteiger partial charge in [0.1, 0.15) is 5.75 Å². The molecule has 0 bridgehead atoms. The third kappa shape index (κ3) is 6.29. The van der Waals surface area contributed by atoms with Gasteiger partial charge in [-0.1, -0.05) is 48.5 Å². The molecule has 0 unspecified atom stereocenters. The van der Waals surface area contributed by atoms with Crippen molar-refractivity contribution in [3.05, 3.63) is 60.4 Å². The third-order valence-electron chi connectivity index (χ3n) is 5.24. The van der Waals surface area contributed by atoms with Crippen LogP contribution in [0.4, 0.5) is 14.5 Å². The van der Waals surface area contributed by atoms with Crippen molar-refractivity contribution in [2.75, 3.05) is 24.2 Å². The molecule has 10 heteroatoms. The quantitative estimate of drug-likeness (QED) is 0.459. The highest BCUT2D eigenvalue weighted by Gasteiger charge is 2.20. The lowest BCUT2D eigenvalue weighted by atomic mass is 10.1. The summed E-state index contributed by atoms with van der Waals surface area (Å²) in [6.07, 6.45) is 3.61. The second-order valence-corrected chi connectivity index (χ2v) is 8.56. The molecule has 33 heavy (non-hydrogen) atoms. The zero-order chi connectivity index (χ0) is 23.0. The molecule has 1 N–H and O–H groups in total. The van der Waals surface area contributed by atoms with Crippen molar-refractivity contribution in [1.29, 1.82) is 0 Å². The van der Waals surface area contributed by atoms with Gasteiger partial charge in [0.2, 0.25) is 5.91 Å². The van der Waals surface area contributed by atoms with Crippen LogP contribution in [0.15, 0.2) is 59.8 Å². The fourth-order valence-electron chi connectivity index (χ4n) is 3.74. The topological polar surface area (TPSA) is 72.3 Å². The van der Waals surface area contributed by atoms with Gasteiger partial charge in [0.25, 0.3) is 0 Å². The summed E-state index contributed by atoms with van der Waals surface area (Å²) in [7, 11) is 0. The molecule has 0 atom stereocenters. The summed E-state index contributed by atoms with van der Waals surface area (Å²) in [5.41, 5.74) is 1.12. The molecular weight excluding hydrogens is 448 g/mol. The van der Waals surface area contributed by atoms with Gasteiger partial charge in [-0.05, 0) is 50.2 Å². The largest absolute Gasteiger partial charge is 0.433 e. The standard InChI is InChI=1S/C23H25F2N5O2S/c24-22(25)32-19-12-6-5-11-18(19)26-21(31)16-33-23-28-27-20(15-29-13-7-2-8-14-29)30(23)17-9-3-1-4-10-17/h1,3-6,9-12,22H,2,7-8,13-16H2,(H,26,31). The lowest BCUT2D eigenvalue weighted by molar-refractivity contribution is -0.113. The Bertz CT molecular complexity index is 1060. The molecule has 0 aliphatic carbocycles. The Hall–Kier alpha value is -2.98. The number of thioether (sulfide) groups is 1. The Kier molecular flexibility index (Phi) is 7.90. The number of likely N-dealkylation sites (tertiary alicyclic amines) is 1. The predicted molar refractivity (Wildman–Crippen MR) is 123 cm³/mol. The predicted octanol–water partition coefficient (Wildman–Crippen LogP) is 4.59. The highest BCUT2D eigenvalue weighted by Crippen LogP contribution is 2.27. The van der Waals surface area contributed by atoms with Gasteiger partial charge in [-0.15, -0.1) is 10.2 Å². The van der Waals surface area contributed by atoms with Crippen LogP contribution in [0, 0.1) is 0 Å². The van der Waals surface area contributed by atoms with E-state index in [1.165, 1.54) is 43.2 Å². The first-order valence-corrected chi connectivity index (χ1v) is 11.8. The number of carbonyl (C=O) groups is 1. The molecule has 2 heterocycles. The molecule has 1 aromatic heterocycles. The number of halogens is 2. The molecule has 7 nitrogen and oxygen atoms in total. The van der Waals surface area contributed by atoms with E-state index in [1.807, 2.05) is 34.9 Å². The summed E-state index contributed by atoms with van der Waals surface area (Å²) >= 11 is 1.24. The minimum absolute atomic E-state index is 0.0394. The van der Waals surface area contributed by atoms with Crippen LogP contribution < -0.4 is 10.1 Å². The van der Waals surface area contributed by atoms with Crippen LogP contribution in [-0.4, -0.2) is 51.0 Å². The monoisotopic (exact) mass is 473 g/mol. The number of benzene rings is 2. The number of nitrogens with one attached hydrogen (secondary N) is 1. The first-order chi connectivity index (χ1) is 16.1. The van der Waals surface area contributed by atoms with Crippen molar-refractivity contribution in [2.45, 2.75) is 37.6 Å². The maximum atomic E-state index is 12.6. The maximum Gasteiger partial charge on any atom is 0.387 e. The normalized spacial score (nSPS) is 14.4. The number of para-hydroxylation sites is 3. The van der Waals surface area contributed by atoms with E-state index in [2.05, 4.69) is 25.2 Å². The Morgan fingerprint density at radius 1 is 1.03 bits per heavy atom. The molecule has 1 aliphatic rings. The summed E-state index contributed by atoms with van der Waals surface area (Å²) in [5, 5.41) is 12.0. The molecule has 3 aromatic rings. The second-order valence-electron chi connectivity index (χ2n) is 7.62. The number of ether oxygens (including phenoxy) is 1. The van der Waals surface area contributed by atoms with E-state index < -0.39 is 6.61 Å². The number of rotatable bonds is 9. The fourth-order valence-corrected chi connectivity index (χ4v) is 4.51. The van der Waals surface area contributed by atoms with Gasteiger partial charge >= 0.3 is 6.61 Å². The number of hydrogen-bond acceptors (Lipinski definition) is 6. The number of aromatic nitrogens is 3. The highest BCUT2D eigenvalue weighted by molar-refractivity contribution is 7.99. The van der Waals surface area contributed by atoms with Gasteiger partial charge in [-0.25, -0.2) is 0 Å². The van der Waals surface area contributed by atoms with Gasteiger partial charge in [0.15, 0.2) is 11.0 Å². The van der Waals surface area contributed by atoms with Crippen molar-refractivity contribution < 1.29 is 18.3 Å². The van der Waals surface area contributed by atoms with Crippen molar-refractivity contribution in [3.8, 4) is 11.4 Å². The fraction of sp³-hybridized carbons (Fsp3) is 0.348. The summed E-state index contributed by atoms with van der Waals surface area (Å²) in [6.45, 7) is -0.216. The lowest BCUT2D eigenvalue weighted by Crippen LogP contribution is -2.30. The number of hydrogen-bond donors (Lipinski definition) is 1. The molecule has 1 aliphatic heterocycles. The summed E-state index contributed by atoms with van der Waals surface area (Å²) in [4.78, 5) is 14.9. The number of anilines is 1. The average molecular weight is 474 g/mol. The highest BCUT2D eigenvalue weighted by atomic mass is 32.2. The van der Waals surface area contributed by atoms with Crippen LogP contribution in [0.3, 0.4) is 0 Å². The Morgan fingerprint density at radius 2 is 1.76 bits per heavy atom. The number of piperidine rings is 1. The summed E-state index contributed by atoms with van der Waals surface area (Å²) < 4.78 is 31.7. The molecule has 174 valence electrons. The number of carbonyl (C=O) groups excluding carboxylic acids is 1. The van der Waals surface area contributed by atoms with Crippen molar-refractivity contribution in [1.82, 2.24) is 19.7 Å². The van der Waals surface area contributed by atoms with E-state index in [1.54, 1.807) is 12.1 Å². The molecular formula is C23H25F2N5O2S.